The predicted octanol–water partition coefficient (Wildman–Crippen LogP) is 2.48. The van der Waals surface area contributed by atoms with Crippen molar-refractivity contribution >= 4 is 34.5 Å². The molecule has 9 nitrogen and oxygen atoms in total. The van der Waals surface area contributed by atoms with E-state index in [4.69, 9.17) is 0 Å². The topological polar surface area (TPSA) is 119 Å². The molecule has 142 valence electrons. The average Bonchev–Trinajstić information content (AvgIpc) is 2.71. The lowest BCUT2D eigenvalue weighted by atomic mass is 10.2. The van der Waals surface area contributed by atoms with E-state index in [2.05, 4.69) is 15.8 Å². The van der Waals surface area contributed by atoms with E-state index in [0.29, 0.717) is 23.0 Å². The Morgan fingerprint density at radius 3 is 2.79 bits per heavy atom. The highest BCUT2D eigenvalue weighted by atomic mass is 16.6. The molecule has 0 unspecified atom stereocenters. The smallest absolute Gasteiger partial charge is 0.270 e. The fourth-order valence-corrected chi connectivity index (χ4v) is 2.63. The van der Waals surface area contributed by atoms with E-state index >= 15 is 0 Å². The zero-order valence-electron chi connectivity index (χ0n) is 15.0. The van der Waals surface area contributed by atoms with Crippen LogP contribution in [0.4, 0.5) is 11.6 Å². The van der Waals surface area contributed by atoms with E-state index in [0.717, 1.165) is 0 Å². The second-order valence-electron chi connectivity index (χ2n) is 5.80. The van der Waals surface area contributed by atoms with Crippen LogP contribution in [-0.2, 0) is 11.3 Å². The Morgan fingerprint density at radius 1 is 1.25 bits per heavy atom. The van der Waals surface area contributed by atoms with E-state index in [1.807, 2.05) is 0 Å². The molecule has 1 aromatic heterocycles. The number of hydrogen-bond donors (Lipinski definition) is 2. The molecular weight excluding hydrogens is 362 g/mol. The van der Waals surface area contributed by atoms with Gasteiger partial charge in [-0.1, -0.05) is 24.3 Å². The molecule has 3 aromatic rings. The number of nitro groups is 1. The molecule has 1 heterocycles. The van der Waals surface area contributed by atoms with Crippen LogP contribution in [0.25, 0.3) is 17.0 Å². The molecule has 0 saturated carbocycles. The van der Waals surface area contributed by atoms with Crippen LogP contribution in [0.2, 0.25) is 0 Å². The Morgan fingerprint density at radius 2 is 2.04 bits per heavy atom. The van der Waals surface area contributed by atoms with Crippen molar-refractivity contribution in [1.29, 1.82) is 0 Å². The zero-order valence-corrected chi connectivity index (χ0v) is 15.0. The number of benzene rings is 2. The summed E-state index contributed by atoms with van der Waals surface area (Å²) in [5.41, 5.74) is 5.85. The molecule has 28 heavy (non-hydrogen) atoms. The molecule has 0 saturated heterocycles. The largest absolute Gasteiger partial charge is 0.277 e. The van der Waals surface area contributed by atoms with Gasteiger partial charge in [0.2, 0.25) is 5.95 Å². The van der Waals surface area contributed by atoms with Crippen molar-refractivity contribution in [3.63, 3.8) is 0 Å². The Hall–Kier alpha value is -4.01. The number of anilines is 1. The summed E-state index contributed by atoms with van der Waals surface area (Å²) in [6.45, 7) is 2.17. The summed E-state index contributed by atoms with van der Waals surface area (Å²) in [4.78, 5) is 39.2. The van der Waals surface area contributed by atoms with Crippen LogP contribution >= 0.6 is 0 Å². The molecule has 0 fully saturated rings. The van der Waals surface area contributed by atoms with Gasteiger partial charge >= 0.3 is 0 Å². The number of carbonyl (C=O) groups is 1. The molecule has 0 aliphatic rings. The van der Waals surface area contributed by atoms with Crippen molar-refractivity contribution in [1.82, 2.24) is 15.0 Å². The third kappa shape index (κ3) is 4.04. The van der Waals surface area contributed by atoms with Crippen molar-refractivity contribution in [2.75, 3.05) is 5.43 Å². The van der Waals surface area contributed by atoms with Gasteiger partial charge in [0, 0.05) is 24.8 Å². The lowest BCUT2D eigenvalue weighted by Gasteiger charge is -2.13. The van der Waals surface area contributed by atoms with Crippen LogP contribution in [0.15, 0.2) is 59.4 Å². The van der Waals surface area contributed by atoms with Crippen molar-refractivity contribution in [2.45, 2.75) is 13.5 Å². The fourth-order valence-electron chi connectivity index (χ4n) is 2.63. The molecule has 9 heteroatoms. The molecule has 2 aromatic carbocycles. The van der Waals surface area contributed by atoms with E-state index in [-0.39, 0.29) is 17.2 Å². The Balaban J connectivity index is 1.75. The van der Waals surface area contributed by atoms with Crippen LogP contribution in [0, 0.1) is 10.1 Å². The number of hydrazine groups is 1. The van der Waals surface area contributed by atoms with Crippen molar-refractivity contribution < 1.29 is 9.72 Å². The van der Waals surface area contributed by atoms with Crippen LogP contribution in [0.5, 0.6) is 0 Å². The van der Waals surface area contributed by atoms with E-state index in [1.54, 1.807) is 37.3 Å². The van der Waals surface area contributed by atoms with Gasteiger partial charge < -0.3 is 0 Å². The summed E-state index contributed by atoms with van der Waals surface area (Å²) in [7, 11) is 0. The summed E-state index contributed by atoms with van der Waals surface area (Å²) in [5, 5.41) is 11.3. The van der Waals surface area contributed by atoms with Gasteiger partial charge in [-0.05, 0) is 30.7 Å². The fraction of sp³-hybridized carbons (Fsp3) is 0.105. The zero-order chi connectivity index (χ0) is 20.1. The number of aromatic nitrogens is 2. The SMILES string of the molecule is CCn1c(NNC(=O)C=Cc2cccc([N+](=O)[O-])c2)nc2ccccc2c1=O. The molecule has 3 rings (SSSR count). The highest BCUT2D eigenvalue weighted by molar-refractivity contribution is 5.92. The number of nitrogens with zero attached hydrogens (tertiary/aromatic N) is 3. The van der Waals surface area contributed by atoms with Crippen LogP contribution < -0.4 is 16.4 Å². The summed E-state index contributed by atoms with van der Waals surface area (Å²) < 4.78 is 1.41. The van der Waals surface area contributed by atoms with Gasteiger partial charge in [-0.2, -0.15) is 0 Å². The normalized spacial score (nSPS) is 10.9. The number of hydrogen-bond acceptors (Lipinski definition) is 6. The van der Waals surface area contributed by atoms with Gasteiger partial charge in [-0.3, -0.25) is 35.1 Å². The number of amides is 1. The highest BCUT2D eigenvalue weighted by Gasteiger charge is 2.10. The minimum atomic E-state index is -0.506. The number of nitro benzene ring substituents is 1. The summed E-state index contributed by atoms with van der Waals surface area (Å²) in [6.07, 6.45) is 2.67. The Bertz CT molecular complexity index is 1140. The second kappa shape index (κ2) is 8.12. The number of carbonyl (C=O) groups excluding carboxylic acids is 1. The molecule has 0 radical (unpaired) electrons. The first-order valence-electron chi connectivity index (χ1n) is 8.47. The predicted molar refractivity (Wildman–Crippen MR) is 106 cm³/mol. The van der Waals surface area contributed by atoms with Gasteiger partial charge in [-0.15, -0.1) is 0 Å². The lowest BCUT2D eigenvalue weighted by molar-refractivity contribution is -0.384. The molecule has 0 aliphatic heterocycles. The summed E-state index contributed by atoms with van der Waals surface area (Å²) >= 11 is 0. The lowest BCUT2D eigenvalue weighted by Crippen LogP contribution is -2.33. The summed E-state index contributed by atoms with van der Waals surface area (Å²) in [5.74, 6) is -0.292. The molecular formula is C19H17N5O4. The van der Waals surface area contributed by atoms with E-state index in [1.165, 1.54) is 34.9 Å². The third-order valence-electron chi connectivity index (χ3n) is 3.98. The van der Waals surface area contributed by atoms with Crippen LogP contribution in [0.3, 0.4) is 0 Å². The quantitative estimate of drug-likeness (QED) is 0.386. The van der Waals surface area contributed by atoms with E-state index in [9.17, 15) is 19.7 Å². The van der Waals surface area contributed by atoms with Gasteiger partial charge in [0.25, 0.3) is 17.2 Å². The molecule has 0 aliphatic carbocycles. The standard InChI is InChI=1S/C19H17N5O4/c1-2-23-18(26)15-8-3-4-9-16(15)20-19(23)22-21-17(25)11-10-13-6-5-7-14(12-13)24(27)28/h3-12H,2H2,1H3,(H,20,22)(H,21,25). The minimum absolute atomic E-state index is 0.0620. The number of fused-ring (bicyclic) bond motifs is 1. The van der Waals surface area contributed by atoms with Gasteiger partial charge in [0.15, 0.2) is 0 Å². The first-order valence-corrected chi connectivity index (χ1v) is 8.47. The molecule has 0 atom stereocenters. The summed E-state index contributed by atoms with van der Waals surface area (Å²) in [6, 6.07) is 12.9. The Kier molecular flexibility index (Phi) is 5.45. The van der Waals surface area contributed by atoms with Gasteiger partial charge in [-0.25, -0.2) is 4.98 Å². The molecule has 0 bridgehead atoms. The maximum atomic E-state index is 12.5. The van der Waals surface area contributed by atoms with Gasteiger partial charge in [0.1, 0.15) is 0 Å². The molecule has 1 amide bonds. The molecule has 2 N–H and O–H groups in total. The first-order chi connectivity index (χ1) is 13.5. The van der Waals surface area contributed by atoms with Crippen molar-refractivity contribution in [3.8, 4) is 0 Å². The monoisotopic (exact) mass is 379 g/mol. The maximum absolute atomic E-state index is 12.5. The highest BCUT2D eigenvalue weighted by Crippen LogP contribution is 2.14. The minimum Gasteiger partial charge on any atom is -0.277 e. The Labute approximate surface area is 159 Å². The number of rotatable bonds is 6. The number of para-hydroxylation sites is 1. The maximum Gasteiger partial charge on any atom is 0.270 e. The van der Waals surface area contributed by atoms with Crippen LogP contribution in [0.1, 0.15) is 12.5 Å². The first kappa shape index (κ1) is 18.8. The van der Waals surface area contributed by atoms with Crippen molar-refractivity contribution in [3.05, 3.63) is 80.6 Å². The average molecular weight is 379 g/mol. The second-order valence-corrected chi connectivity index (χ2v) is 5.80. The number of nitrogens with one attached hydrogen (secondary N) is 2. The van der Waals surface area contributed by atoms with Gasteiger partial charge in [0.05, 0.1) is 15.8 Å². The van der Waals surface area contributed by atoms with E-state index < -0.39 is 10.8 Å². The molecule has 0 spiro atoms. The van der Waals surface area contributed by atoms with Crippen LogP contribution in [-0.4, -0.2) is 20.4 Å². The third-order valence-corrected chi connectivity index (χ3v) is 3.98. The number of non-ortho nitro benzene ring substituents is 1. The van der Waals surface area contributed by atoms with Crippen molar-refractivity contribution in [2.24, 2.45) is 0 Å².